The van der Waals surface area contributed by atoms with E-state index in [0.29, 0.717) is 16.9 Å². The third kappa shape index (κ3) is 3.59. The molecule has 6 heteroatoms. The van der Waals surface area contributed by atoms with E-state index in [-0.39, 0.29) is 17.4 Å². The monoisotopic (exact) mass is 389 g/mol. The first kappa shape index (κ1) is 18.1. The first-order valence-electron chi connectivity index (χ1n) is 9.00. The number of fused-ring (bicyclic) bond motifs is 1. The van der Waals surface area contributed by atoms with Gasteiger partial charge in [0, 0.05) is 28.1 Å². The second-order valence-electron chi connectivity index (χ2n) is 6.86. The number of H-pyrrole nitrogens is 1. The Morgan fingerprint density at radius 2 is 1.89 bits per heavy atom. The Hall–Kier alpha value is -3.25. The van der Waals surface area contributed by atoms with Crippen molar-refractivity contribution in [2.75, 3.05) is 5.32 Å². The summed E-state index contributed by atoms with van der Waals surface area (Å²) in [4.78, 5) is 31.8. The number of hydrogen-bond acceptors (Lipinski definition) is 4. The minimum atomic E-state index is -0.278. The predicted molar refractivity (Wildman–Crippen MR) is 114 cm³/mol. The zero-order valence-corrected chi connectivity index (χ0v) is 16.3. The van der Waals surface area contributed by atoms with Crippen molar-refractivity contribution in [3.63, 3.8) is 0 Å². The molecule has 0 unspecified atom stereocenters. The molecule has 0 aliphatic carbocycles. The maximum Gasteiger partial charge on any atom is 0.275 e. The number of benzene rings is 2. The lowest BCUT2D eigenvalue weighted by Gasteiger charge is -2.11. The van der Waals surface area contributed by atoms with Crippen LogP contribution in [0.5, 0.6) is 0 Å². The lowest BCUT2D eigenvalue weighted by Crippen LogP contribution is -2.13. The van der Waals surface area contributed by atoms with E-state index in [0.717, 1.165) is 21.5 Å². The van der Waals surface area contributed by atoms with Crippen LogP contribution in [0.25, 0.3) is 21.5 Å². The Morgan fingerprint density at radius 1 is 1.11 bits per heavy atom. The molecule has 0 spiro atoms. The molecule has 0 radical (unpaired) electrons. The molecule has 140 valence electrons. The minimum Gasteiger partial charge on any atom is -0.322 e. The zero-order chi connectivity index (χ0) is 19.7. The molecule has 4 aromatic rings. The molecule has 0 bridgehead atoms. The van der Waals surface area contributed by atoms with Gasteiger partial charge in [-0.3, -0.25) is 9.59 Å². The van der Waals surface area contributed by atoms with Crippen LogP contribution in [0.1, 0.15) is 35.8 Å². The Kier molecular flexibility index (Phi) is 4.79. The second kappa shape index (κ2) is 7.40. The minimum absolute atomic E-state index is 0.147. The highest BCUT2D eigenvalue weighted by Gasteiger charge is 2.13. The summed E-state index contributed by atoms with van der Waals surface area (Å²) in [6.07, 6.45) is 0. The van der Waals surface area contributed by atoms with E-state index in [2.05, 4.69) is 29.1 Å². The van der Waals surface area contributed by atoms with Crippen LogP contribution in [0.3, 0.4) is 0 Å². The number of thiazole rings is 1. The Bertz CT molecular complexity index is 1210. The molecule has 2 aromatic carbocycles. The van der Waals surface area contributed by atoms with Crippen molar-refractivity contribution in [1.29, 1.82) is 0 Å². The van der Waals surface area contributed by atoms with Gasteiger partial charge in [0.05, 0.1) is 5.52 Å². The van der Waals surface area contributed by atoms with Crippen LogP contribution < -0.4 is 10.9 Å². The van der Waals surface area contributed by atoms with E-state index in [1.165, 1.54) is 11.3 Å². The number of pyridine rings is 1. The smallest absolute Gasteiger partial charge is 0.275 e. The highest BCUT2D eigenvalue weighted by atomic mass is 32.1. The van der Waals surface area contributed by atoms with Gasteiger partial charge in [0.2, 0.25) is 5.56 Å². The molecule has 5 nitrogen and oxygen atoms in total. The first-order chi connectivity index (χ1) is 13.5. The molecule has 0 atom stereocenters. The van der Waals surface area contributed by atoms with Crippen LogP contribution in [0.15, 0.2) is 64.8 Å². The van der Waals surface area contributed by atoms with Gasteiger partial charge >= 0.3 is 0 Å². The molecule has 28 heavy (non-hydrogen) atoms. The maximum absolute atomic E-state index is 12.6. The fourth-order valence-electron chi connectivity index (χ4n) is 3.13. The topological polar surface area (TPSA) is 74.8 Å². The van der Waals surface area contributed by atoms with Gasteiger partial charge in [-0.25, -0.2) is 4.98 Å². The standard InChI is InChI=1S/C22H19N3O2S/c1-13(2)17-11-20(26)24-18-10-15(8-9-16(17)18)23-21(27)19-12-28-22(25-19)14-6-4-3-5-7-14/h3-13H,1-2H3,(H,23,27)(H,24,26). The molecular formula is C22H19N3O2S. The highest BCUT2D eigenvalue weighted by Crippen LogP contribution is 2.26. The van der Waals surface area contributed by atoms with Crippen LogP contribution in [0, 0.1) is 0 Å². The van der Waals surface area contributed by atoms with Gasteiger partial charge in [-0.05, 0) is 23.6 Å². The molecule has 2 aromatic heterocycles. The number of aromatic nitrogens is 2. The average molecular weight is 389 g/mol. The summed E-state index contributed by atoms with van der Waals surface area (Å²) in [6, 6.07) is 16.9. The number of aromatic amines is 1. The van der Waals surface area contributed by atoms with Gasteiger partial charge in [0.1, 0.15) is 10.7 Å². The van der Waals surface area contributed by atoms with Crippen molar-refractivity contribution < 1.29 is 4.79 Å². The first-order valence-corrected chi connectivity index (χ1v) is 9.88. The number of carbonyl (C=O) groups excluding carboxylic acids is 1. The molecule has 2 heterocycles. The van der Waals surface area contributed by atoms with Gasteiger partial charge in [-0.15, -0.1) is 11.3 Å². The largest absolute Gasteiger partial charge is 0.322 e. The fourth-order valence-corrected chi connectivity index (χ4v) is 3.94. The molecule has 1 amide bonds. The number of nitrogens with zero attached hydrogens (tertiary/aromatic N) is 1. The third-order valence-electron chi connectivity index (χ3n) is 4.51. The Balaban J connectivity index is 1.61. The van der Waals surface area contributed by atoms with Crippen molar-refractivity contribution in [3.8, 4) is 10.6 Å². The summed E-state index contributed by atoms with van der Waals surface area (Å²) in [5.74, 6) is -0.0446. The zero-order valence-electron chi connectivity index (χ0n) is 15.5. The molecule has 0 aliphatic rings. The predicted octanol–water partition coefficient (Wildman–Crippen LogP) is 5.03. The summed E-state index contributed by atoms with van der Waals surface area (Å²) in [5, 5.41) is 6.39. The van der Waals surface area contributed by atoms with E-state index in [1.807, 2.05) is 42.5 Å². The Morgan fingerprint density at radius 3 is 2.64 bits per heavy atom. The summed E-state index contributed by atoms with van der Waals surface area (Å²) in [5.41, 5.74) is 3.51. The third-order valence-corrected chi connectivity index (χ3v) is 5.40. The van der Waals surface area contributed by atoms with E-state index in [4.69, 9.17) is 0 Å². The number of nitrogens with one attached hydrogen (secondary N) is 2. The van der Waals surface area contributed by atoms with Crippen molar-refractivity contribution in [3.05, 3.63) is 81.6 Å². The van der Waals surface area contributed by atoms with Crippen LogP contribution in [-0.4, -0.2) is 15.9 Å². The second-order valence-corrected chi connectivity index (χ2v) is 7.72. The SMILES string of the molecule is CC(C)c1cc(=O)[nH]c2cc(NC(=O)c3csc(-c4ccccc4)n3)ccc12. The lowest BCUT2D eigenvalue weighted by atomic mass is 9.99. The lowest BCUT2D eigenvalue weighted by molar-refractivity contribution is 0.102. The van der Waals surface area contributed by atoms with Gasteiger partial charge in [0.25, 0.3) is 5.91 Å². The highest BCUT2D eigenvalue weighted by molar-refractivity contribution is 7.13. The quantitative estimate of drug-likeness (QED) is 0.514. The fraction of sp³-hybridized carbons (Fsp3) is 0.136. The van der Waals surface area contributed by atoms with Crippen molar-refractivity contribution in [2.24, 2.45) is 0 Å². The number of hydrogen-bond donors (Lipinski definition) is 2. The molecule has 0 fully saturated rings. The van der Waals surface area contributed by atoms with Crippen molar-refractivity contribution >= 4 is 33.8 Å². The molecule has 4 rings (SSSR count). The van der Waals surface area contributed by atoms with E-state index >= 15 is 0 Å². The van der Waals surface area contributed by atoms with Crippen molar-refractivity contribution in [2.45, 2.75) is 19.8 Å². The number of carbonyl (C=O) groups is 1. The molecule has 2 N–H and O–H groups in total. The summed E-state index contributed by atoms with van der Waals surface area (Å²) in [6.45, 7) is 4.10. The summed E-state index contributed by atoms with van der Waals surface area (Å²) < 4.78 is 0. The van der Waals surface area contributed by atoms with Gasteiger partial charge < -0.3 is 10.3 Å². The van der Waals surface area contributed by atoms with Gasteiger partial charge in [0.15, 0.2) is 0 Å². The average Bonchev–Trinajstić information content (AvgIpc) is 3.18. The van der Waals surface area contributed by atoms with Crippen LogP contribution >= 0.6 is 11.3 Å². The van der Waals surface area contributed by atoms with E-state index < -0.39 is 0 Å². The summed E-state index contributed by atoms with van der Waals surface area (Å²) in [7, 11) is 0. The van der Waals surface area contributed by atoms with Crippen LogP contribution in [-0.2, 0) is 0 Å². The van der Waals surface area contributed by atoms with E-state index in [1.54, 1.807) is 17.5 Å². The maximum atomic E-state index is 12.6. The molecule has 0 aliphatic heterocycles. The number of rotatable bonds is 4. The summed E-state index contributed by atoms with van der Waals surface area (Å²) >= 11 is 1.43. The van der Waals surface area contributed by atoms with Crippen LogP contribution in [0.4, 0.5) is 5.69 Å². The van der Waals surface area contributed by atoms with Gasteiger partial charge in [-0.1, -0.05) is 50.2 Å². The number of amides is 1. The molecule has 0 saturated heterocycles. The van der Waals surface area contributed by atoms with Gasteiger partial charge in [-0.2, -0.15) is 0 Å². The number of anilines is 1. The van der Waals surface area contributed by atoms with E-state index in [9.17, 15) is 9.59 Å². The normalized spacial score (nSPS) is 11.1. The van der Waals surface area contributed by atoms with Crippen LogP contribution in [0.2, 0.25) is 0 Å². The Labute approximate surface area is 166 Å². The molecule has 0 saturated carbocycles. The van der Waals surface area contributed by atoms with Crippen molar-refractivity contribution in [1.82, 2.24) is 9.97 Å². The molecular weight excluding hydrogens is 370 g/mol.